The Morgan fingerprint density at radius 2 is 1.29 bits per heavy atom. The van der Waals surface area contributed by atoms with Crippen molar-refractivity contribution in [2.45, 2.75) is 38.9 Å². The minimum absolute atomic E-state index is 0.161. The number of nitrogens with one attached hydrogen (secondary N) is 1. The maximum absolute atomic E-state index is 13.5. The molecular formula is C28H32NO3PS. The molecular weight excluding hydrogens is 461 g/mol. The average molecular weight is 494 g/mol. The van der Waals surface area contributed by atoms with Gasteiger partial charge in [-0.1, -0.05) is 124 Å². The summed E-state index contributed by atoms with van der Waals surface area (Å²) in [5, 5.41) is 5.05. The van der Waals surface area contributed by atoms with Crippen LogP contribution in [0.25, 0.3) is 0 Å². The molecule has 3 aromatic carbocycles. The zero-order chi connectivity index (χ0) is 24.8. The summed E-state index contributed by atoms with van der Waals surface area (Å²) < 4.78 is 4.97. The van der Waals surface area contributed by atoms with Gasteiger partial charge in [-0.05, 0) is 21.6 Å². The minimum Gasteiger partial charge on any atom is -0.467 e. The van der Waals surface area contributed by atoms with Gasteiger partial charge in [0, 0.05) is 18.1 Å². The zero-order valence-corrected chi connectivity index (χ0v) is 21.8. The van der Waals surface area contributed by atoms with Crippen molar-refractivity contribution in [2.75, 3.05) is 7.11 Å². The number of hydrogen-bond donors (Lipinski definition) is 1. The first-order valence-electron chi connectivity index (χ1n) is 11.3. The van der Waals surface area contributed by atoms with Gasteiger partial charge in [-0.3, -0.25) is 4.79 Å². The van der Waals surface area contributed by atoms with E-state index in [2.05, 4.69) is 29.6 Å². The third kappa shape index (κ3) is 5.84. The summed E-state index contributed by atoms with van der Waals surface area (Å²) in [5.74, 6) is -0.678. The molecule has 0 aliphatic heterocycles. The van der Waals surface area contributed by atoms with Crippen LogP contribution in [0.4, 0.5) is 0 Å². The van der Waals surface area contributed by atoms with E-state index in [9.17, 15) is 9.59 Å². The third-order valence-electron chi connectivity index (χ3n) is 5.89. The van der Waals surface area contributed by atoms with Gasteiger partial charge in [0.2, 0.25) is 5.91 Å². The number of benzene rings is 3. The van der Waals surface area contributed by atoms with Crippen LogP contribution in [0.3, 0.4) is 0 Å². The summed E-state index contributed by atoms with van der Waals surface area (Å²) in [6.45, 7) is 5.71. The van der Waals surface area contributed by atoms with E-state index in [1.54, 1.807) is 0 Å². The number of carbonyl (C=O) groups excluding carboxylic acids is 2. The van der Waals surface area contributed by atoms with Crippen molar-refractivity contribution in [3.8, 4) is 0 Å². The SMILES string of the molecule is COC(=O)[C@@H](NC(=O)C[C@@H](c1ccccc1)P(=S)(c1ccccc1)c1ccccc1)C(C)(C)C. The largest absolute Gasteiger partial charge is 0.467 e. The highest BCUT2D eigenvalue weighted by Crippen LogP contribution is 2.59. The molecule has 0 saturated carbocycles. The van der Waals surface area contributed by atoms with Crippen molar-refractivity contribution in [2.24, 2.45) is 5.41 Å². The summed E-state index contributed by atoms with van der Waals surface area (Å²) in [4.78, 5) is 25.9. The second-order valence-electron chi connectivity index (χ2n) is 9.35. The summed E-state index contributed by atoms with van der Waals surface area (Å²) >= 11 is 6.56. The molecule has 0 fully saturated rings. The number of amides is 1. The molecule has 0 bridgehead atoms. The number of methoxy groups -OCH3 is 1. The molecule has 34 heavy (non-hydrogen) atoms. The maximum atomic E-state index is 13.5. The number of carbonyl (C=O) groups is 2. The van der Waals surface area contributed by atoms with Crippen LogP contribution in [0.2, 0.25) is 0 Å². The van der Waals surface area contributed by atoms with E-state index in [0.717, 1.165) is 16.2 Å². The second kappa shape index (κ2) is 11.1. The predicted molar refractivity (Wildman–Crippen MR) is 144 cm³/mol. The Balaban J connectivity index is 2.09. The molecule has 6 heteroatoms. The molecule has 0 radical (unpaired) electrons. The fourth-order valence-corrected chi connectivity index (χ4v) is 8.66. The first-order valence-corrected chi connectivity index (χ1v) is 14.2. The molecule has 0 unspecified atom stereocenters. The molecule has 178 valence electrons. The monoisotopic (exact) mass is 493 g/mol. The van der Waals surface area contributed by atoms with Gasteiger partial charge in [-0.25, -0.2) is 4.79 Å². The van der Waals surface area contributed by atoms with Crippen LogP contribution < -0.4 is 15.9 Å². The fraction of sp³-hybridized carbons (Fsp3) is 0.286. The molecule has 0 spiro atoms. The lowest BCUT2D eigenvalue weighted by molar-refractivity contribution is -0.148. The summed E-state index contributed by atoms with van der Waals surface area (Å²) in [6.07, 6.45) is 0.161. The van der Waals surface area contributed by atoms with Gasteiger partial charge in [0.05, 0.1) is 7.11 Å². The van der Waals surface area contributed by atoms with Crippen LogP contribution in [-0.2, 0) is 26.1 Å². The summed E-state index contributed by atoms with van der Waals surface area (Å²) in [7, 11) is 1.34. The molecule has 3 rings (SSSR count). The quantitative estimate of drug-likeness (QED) is 0.356. The summed E-state index contributed by atoms with van der Waals surface area (Å²) in [6, 6.07) is 26.9. The molecule has 4 nitrogen and oxygen atoms in total. The summed E-state index contributed by atoms with van der Waals surface area (Å²) in [5.41, 5.74) is 0.273. The molecule has 0 aromatic heterocycles. The van der Waals surface area contributed by atoms with Gasteiger partial charge in [-0.15, -0.1) is 0 Å². The van der Waals surface area contributed by atoms with E-state index in [0.29, 0.717) is 0 Å². The molecule has 0 aliphatic rings. The molecule has 1 amide bonds. The van der Waals surface area contributed by atoms with Crippen LogP contribution >= 0.6 is 6.04 Å². The van der Waals surface area contributed by atoms with E-state index >= 15 is 0 Å². The Morgan fingerprint density at radius 3 is 1.71 bits per heavy atom. The van der Waals surface area contributed by atoms with Crippen LogP contribution in [0.5, 0.6) is 0 Å². The first-order chi connectivity index (χ1) is 16.2. The van der Waals surface area contributed by atoms with Crippen molar-refractivity contribution in [1.82, 2.24) is 5.32 Å². The molecule has 0 heterocycles. The highest BCUT2D eigenvalue weighted by Gasteiger charge is 2.38. The van der Waals surface area contributed by atoms with Crippen molar-refractivity contribution in [3.63, 3.8) is 0 Å². The molecule has 0 aliphatic carbocycles. The molecule has 3 aromatic rings. The van der Waals surface area contributed by atoms with Crippen molar-refractivity contribution < 1.29 is 14.3 Å². The Hall–Kier alpha value is -2.75. The number of rotatable bonds is 8. The average Bonchev–Trinajstić information content (AvgIpc) is 2.86. The van der Waals surface area contributed by atoms with E-state index in [1.165, 1.54) is 7.11 Å². The number of ether oxygens (including phenoxy) is 1. The maximum Gasteiger partial charge on any atom is 0.328 e. The zero-order valence-electron chi connectivity index (χ0n) is 20.1. The first kappa shape index (κ1) is 25.9. The van der Waals surface area contributed by atoms with Gasteiger partial charge in [-0.2, -0.15) is 0 Å². The lowest BCUT2D eigenvalue weighted by Gasteiger charge is -2.34. The highest BCUT2D eigenvalue weighted by molar-refractivity contribution is 8.22. The Kier molecular flexibility index (Phi) is 8.46. The van der Waals surface area contributed by atoms with Crippen molar-refractivity contribution in [1.29, 1.82) is 0 Å². The third-order valence-corrected chi connectivity index (χ3v) is 11.4. The number of hydrogen-bond acceptors (Lipinski definition) is 4. The van der Waals surface area contributed by atoms with Crippen molar-refractivity contribution in [3.05, 3.63) is 96.6 Å². The normalized spacial score (nSPS) is 13.5. The van der Waals surface area contributed by atoms with Gasteiger partial charge in [0.25, 0.3) is 0 Å². The van der Waals surface area contributed by atoms with Gasteiger partial charge in [0.1, 0.15) is 6.04 Å². The number of esters is 1. The van der Waals surface area contributed by atoms with Crippen LogP contribution in [-0.4, -0.2) is 25.0 Å². The fourth-order valence-electron chi connectivity index (χ4n) is 4.08. The Bertz CT molecular complexity index is 1100. The predicted octanol–water partition coefficient (Wildman–Crippen LogP) is 4.95. The van der Waals surface area contributed by atoms with Crippen LogP contribution in [0.15, 0.2) is 91.0 Å². The topological polar surface area (TPSA) is 55.4 Å². The second-order valence-corrected chi connectivity index (χ2v) is 14.0. The van der Waals surface area contributed by atoms with Gasteiger partial charge in [0.15, 0.2) is 0 Å². The lowest BCUT2D eigenvalue weighted by Crippen LogP contribution is -2.50. The molecule has 0 saturated heterocycles. The standard InChI is InChI=1S/C28H32NO3PS/c1-28(2,3)26(27(31)32-4)29-25(30)20-24(21-14-8-5-9-15-21)33(34,22-16-10-6-11-17-22)23-18-12-7-13-19-23/h5-19,24,26H,20H2,1-4H3,(H,29,30)/t24-,26+/m0/s1. The van der Waals surface area contributed by atoms with Crippen LogP contribution in [0, 0.1) is 5.41 Å². The Labute approximate surface area is 207 Å². The van der Waals surface area contributed by atoms with E-state index in [4.69, 9.17) is 16.5 Å². The smallest absolute Gasteiger partial charge is 0.328 e. The van der Waals surface area contributed by atoms with E-state index in [1.807, 2.05) is 87.5 Å². The lowest BCUT2D eigenvalue weighted by atomic mass is 9.86. The van der Waals surface area contributed by atoms with E-state index in [-0.39, 0.29) is 18.0 Å². The molecule has 1 N–H and O–H groups in total. The van der Waals surface area contributed by atoms with Crippen molar-refractivity contribution >= 4 is 40.3 Å². The highest BCUT2D eigenvalue weighted by atomic mass is 32.4. The Morgan fingerprint density at radius 1 is 0.853 bits per heavy atom. The minimum atomic E-state index is -2.47. The van der Waals surface area contributed by atoms with Gasteiger partial charge < -0.3 is 10.1 Å². The van der Waals surface area contributed by atoms with Crippen LogP contribution in [0.1, 0.15) is 38.4 Å². The molecule has 2 atom stereocenters. The van der Waals surface area contributed by atoms with E-state index < -0.39 is 23.5 Å². The van der Waals surface area contributed by atoms with Gasteiger partial charge >= 0.3 is 5.97 Å².